The summed E-state index contributed by atoms with van der Waals surface area (Å²) in [6.45, 7) is 6.88. The van der Waals surface area contributed by atoms with Gasteiger partial charge in [0.1, 0.15) is 5.69 Å². The topological polar surface area (TPSA) is 49.6 Å². The van der Waals surface area contributed by atoms with Crippen LogP contribution in [0.4, 0.5) is 5.88 Å². The van der Waals surface area contributed by atoms with Crippen LogP contribution in [0.3, 0.4) is 0 Å². The Labute approximate surface area is 178 Å². The average molecular weight is 404 g/mol. The maximum atomic E-state index is 13.1. The molecular formula is C25H29N3O2. The number of hydrogen-bond acceptors (Lipinski definition) is 4. The molecule has 0 atom stereocenters. The molecule has 1 aliphatic rings. The first-order chi connectivity index (χ1) is 14.6. The first-order valence-corrected chi connectivity index (χ1v) is 10.7. The Morgan fingerprint density at radius 2 is 1.63 bits per heavy atom. The van der Waals surface area contributed by atoms with Gasteiger partial charge in [0.25, 0.3) is 0 Å². The van der Waals surface area contributed by atoms with E-state index >= 15 is 0 Å². The Hall–Kier alpha value is -3.08. The molecule has 1 aliphatic heterocycles. The molecule has 1 fully saturated rings. The Bertz CT molecular complexity index is 961. The van der Waals surface area contributed by atoms with Crippen LogP contribution in [0.5, 0.6) is 0 Å². The standard InChI is InChI=1S/C25H29N3O2/c1-19(2)24(29)28(17-20-11-5-3-6-12-20)18-22-23(21-13-7-4-8-14-21)26-30-25(22)27-15-9-10-16-27/h3-8,11-14,19H,9-10,15-18H2,1-2H3. The van der Waals surface area contributed by atoms with Gasteiger partial charge >= 0.3 is 0 Å². The molecule has 5 heteroatoms. The molecule has 2 aromatic carbocycles. The van der Waals surface area contributed by atoms with Crippen molar-refractivity contribution in [2.75, 3.05) is 18.0 Å². The molecule has 1 amide bonds. The molecule has 30 heavy (non-hydrogen) atoms. The zero-order chi connectivity index (χ0) is 20.9. The van der Waals surface area contributed by atoms with Gasteiger partial charge in [-0.15, -0.1) is 0 Å². The largest absolute Gasteiger partial charge is 0.340 e. The van der Waals surface area contributed by atoms with Gasteiger partial charge in [-0.25, -0.2) is 0 Å². The highest BCUT2D eigenvalue weighted by atomic mass is 16.5. The van der Waals surface area contributed by atoms with Crippen molar-refractivity contribution >= 4 is 11.8 Å². The van der Waals surface area contributed by atoms with Crippen molar-refractivity contribution in [2.24, 2.45) is 5.92 Å². The van der Waals surface area contributed by atoms with Crippen molar-refractivity contribution in [3.05, 3.63) is 71.8 Å². The molecule has 1 saturated heterocycles. The molecule has 0 spiro atoms. The Morgan fingerprint density at radius 1 is 1.00 bits per heavy atom. The van der Waals surface area contributed by atoms with Crippen LogP contribution < -0.4 is 4.90 Å². The Morgan fingerprint density at radius 3 is 2.27 bits per heavy atom. The fourth-order valence-corrected chi connectivity index (χ4v) is 4.01. The molecule has 0 saturated carbocycles. The van der Waals surface area contributed by atoms with E-state index in [1.54, 1.807) is 0 Å². The van der Waals surface area contributed by atoms with Crippen molar-refractivity contribution in [3.8, 4) is 11.3 Å². The summed E-state index contributed by atoms with van der Waals surface area (Å²) < 4.78 is 5.86. The maximum Gasteiger partial charge on any atom is 0.232 e. The van der Waals surface area contributed by atoms with Crippen molar-refractivity contribution in [1.82, 2.24) is 10.1 Å². The van der Waals surface area contributed by atoms with E-state index in [0.717, 1.165) is 54.2 Å². The number of rotatable bonds is 7. The number of carbonyl (C=O) groups excluding carboxylic acids is 1. The molecule has 0 aliphatic carbocycles. The van der Waals surface area contributed by atoms with Crippen LogP contribution in [0.2, 0.25) is 0 Å². The van der Waals surface area contributed by atoms with E-state index in [4.69, 9.17) is 4.52 Å². The second-order valence-electron chi connectivity index (χ2n) is 8.21. The lowest BCUT2D eigenvalue weighted by Gasteiger charge is -2.26. The Kier molecular flexibility index (Phi) is 6.17. The second-order valence-corrected chi connectivity index (χ2v) is 8.21. The molecule has 0 radical (unpaired) electrons. The normalized spacial score (nSPS) is 13.8. The number of carbonyl (C=O) groups is 1. The van der Waals surface area contributed by atoms with Gasteiger partial charge in [-0.05, 0) is 18.4 Å². The van der Waals surface area contributed by atoms with E-state index in [2.05, 4.69) is 22.2 Å². The van der Waals surface area contributed by atoms with Gasteiger partial charge in [0.05, 0.1) is 12.1 Å². The number of nitrogens with zero attached hydrogens (tertiary/aromatic N) is 3. The third-order valence-electron chi connectivity index (χ3n) is 5.58. The van der Waals surface area contributed by atoms with E-state index in [1.165, 1.54) is 0 Å². The molecule has 5 nitrogen and oxygen atoms in total. The molecule has 2 heterocycles. The second kappa shape index (κ2) is 9.16. The van der Waals surface area contributed by atoms with Gasteiger partial charge in [0.15, 0.2) is 0 Å². The van der Waals surface area contributed by atoms with Crippen LogP contribution >= 0.6 is 0 Å². The average Bonchev–Trinajstić information content (AvgIpc) is 3.44. The van der Waals surface area contributed by atoms with Crippen LogP contribution in [0.1, 0.15) is 37.8 Å². The first kappa shape index (κ1) is 20.2. The highest BCUT2D eigenvalue weighted by Crippen LogP contribution is 2.34. The summed E-state index contributed by atoms with van der Waals surface area (Å²) in [6.07, 6.45) is 2.30. The van der Waals surface area contributed by atoms with Crippen LogP contribution in [-0.2, 0) is 17.9 Å². The monoisotopic (exact) mass is 403 g/mol. The SMILES string of the molecule is CC(C)C(=O)N(Cc1ccccc1)Cc1c(-c2ccccc2)noc1N1CCCC1. The van der Waals surface area contributed by atoms with Gasteiger partial charge in [-0.1, -0.05) is 79.7 Å². The van der Waals surface area contributed by atoms with E-state index in [0.29, 0.717) is 13.1 Å². The molecule has 4 rings (SSSR count). The third-order valence-corrected chi connectivity index (χ3v) is 5.58. The van der Waals surface area contributed by atoms with Crippen molar-refractivity contribution in [1.29, 1.82) is 0 Å². The number of anilines is 1. The molecule has 0 N–H and O–H groups in total. The quantitative estimate of drug-likeness (QED) is 0.549. The summed E-state index contributed by atoms with van der Waals surface area (Å²) in [5.74, 6) is 0.858. The number of benzene rings is 2. The first-order valence-electron chi connectivity index (χ1n) is 10.7. The van der Waals surface area contributed by atoms with E-state index < -0.39 is 0 Å². The third kappa shape index (κ3) is 4.40. The molecule has 0 unspecified atom stereocenters. The molecule has 156 valence electrons. The van der Waals surface area contributed by atoms with Crippen LogP contribution in [0.15, 0.2) is 65.2 Å². The lowest BCUT2D eigenvalue weighted by molar-refractivity contribution is -0.135. The van der Waals surface area contributed by atoms with Crippen molar-refractivity contribution in [2.45, 2.75) is 39.8 Å². The minimum absolute atomic E-state index is 0.0796. The summed E-state index contributed by atoms with van der Waals surface area (Å²) in [5, 5.41) is 4.44. The molecule has 1 aromatic heterocycles. The highest BCUT2D eigenvalue weighted by molar-refractivity contribution is 5.79. The summed E-state index contributed by atoms with van der Waals surface area (Å²) in [5.41, 5.74) is 3.95. The van der Waals surface area contributed by atoms with Gasteiger partial charge in [-0.3, -0.25) is 4.79 Å². The van der Waals surface area contributed by atoms with Gasteiger partial charge in [0.2, 0.25) is 11.8 Å². The number of aromatic nitrogens is 1. The minimum Gasteiger partial charge on any atom is -0.340 e. The minimum atomic E-state index is -0.0796. The fraction of sp³-hybridized carbons (Fsp3) is 0.360. The smallest absolute Gasteiger partial charge is 0.232 e. The van der Waals surface area contributed by atoms with Crippen LogP contribution in [0.25, 0.3) is 11.3 Å². The summed E-state index contributed by atoms with van der Waals surface area (Å²) in [7, 11) is 0. The van der Waals surface area contributed by atoms with Crippen molar-refractivity contribution in [3.63, 3.8) is 0 Å². The summed E-state index contributed by atoms with van der Waals surface area (Å²) >= 11 is 0. The lowest BCUT2D eigenvalue weighted by Crippen LogP contribution is -2.34. The van der Waals surface area contributed by atoms with Crippen LogP contribution in [-0.4, -0.2) is 29.1 Å². The van der Waals surface area contributed by atoms with Gasteiger partial charge < -0.3 is 14.3 Å². The Balaban J connectivity index is 1.72. The van der Waals surface area contributed by atoms with E-state index in [9.17, 15) is 4.79 Å². The number of hydrogen-bond donors (Lipinski definition) is 0. The van der Waals surface area contributed by atoms with E-state index in [1.807, 2.05) is 67.3 Å². The fourth-order valence-electron chi connectivity index (χ4n) is 4.01. The lowest BCUT2D eigenvalue weighted by atomic mass is 10.1. The van der Waals surface area contributed by atoms with E-state index in [-0.39, 0.29) is 11.8 Å². The summed E-state index contributed by atoms with van der Waals surface area (Å²) in [6, 6.07) is 20.2. The predicted octanol–water partition coefficient (Wildman–Crippen LogP) is 5.13. The van der Waals surface area contributed by atoms with Gasteiger partial charge in [0, 0.05) is 31.1 Å². The van der Waals surface area contributed by atoms with Gasteiger partial charge in [-0.2, -0.15) is 0 Å². The highest BCUT2D eigenvalue weighted by Gasteiger charge is 2.28. The molecule has 0 bridgehead atoms. The zero-order valence-electron chi connectivity index (χ0n) is 17.8. The summed E-state index contributed by atoms with van der Waals surface area (Å²) in [4.78, 5) is 17.3. The van der Waals surface area contributed by atoms with Crippen molar-refractivity contribution < 1.29 is 9.32 Å². The predicted molar refractivity (Wildman–Crippen MR) is 119 cm³/mol. The van der Waals surface area contributed by atoms with Crippen LogP contribution in [0, 0.1) is 5.92 Å². The molecular weight excluding hydrogens is 374 g/mol. The zero-order valence-corrected chi connectivity index (χ0v) is 17.8. The maximum absolute atomic E-state index is 13.1. The molecule has 3 aromatic rings. The number of amides is 1.